The molecule has 0 saturated heterocycles. The Morgan fingerprint density at radius 1 is 1.15 bits per heavy atom. The van der Waals surface area contributed by atoms with E-state index in [2.05, 4.69) is 41.3 Å². The molecule has 20 heavy (non-hydrogen) atoms. The first kappa shape index (κ1) is 14.3. The maximum Gasteiger partial charge on any atom is 0.158 e. The molecule has 5 nitrogen and oxygen atoms in total. The third-order valence-corrected chi connectivity index (χ3v) is 3.01. The van der Waals surface area contributed by atoms with E-state index in [0.29, 0.717) is 30.7 Å². The van der Waals surface area contributed by atoms with Crippen LogP contribution in [0.4, 0.5) is 17.3 Å². The second-order valence-corrected chi connectivity index (χ2v) is 4.66. The van der Waals surface area contributed by atoms with Crippen LogP contribution in [0.3, 0.4) is 0 Å². The molecule has 0 aliphatic heterocycles. The molecule has 0 saturated carbocycles. The van der Waals surface area contributed by atoms with E-state index < -0.39 is 0 Å². The molecular formula is C15H20N4O. The Kier molecular flexibility index (Phi) is 4.53. The third-order valence-electron chi connectivity index (χ3n) is 3.01. The minimum atomic E-state index is 0.364. The molecule has 1 aromatic carbocycles. The molecule has 2 rings (SSSR count). The first-order valence-corrected chi connectivity index (χ1v) is 6.64. The summed E-state index contributed by atoms with van der Waals surface area (Å²) < 4.78 is 5.31. The highest BCUT2D eigenvalue weighted by Crippen LogP contribution is 2.19. The van der Waals surface area contributed by atoms with Gasteiger partial charge in [0.2, 0.25) is 0 Å². The average Bonchev–Trinajstić information content (AvgIpc) is 2.40. The van der Waals surface area contributed by atoms with Gasteiger partial charge in [-0.15, -0.1) is 0 Å². The fraction of sp³-hybridized carbons (Fsp3) is 0.333. The summed E-state index contributed by atoms with van der Waals surface area (Å²) in [5, 5.41) is 3.24. The SMILES string of the molecule is CCOCc1nc(N)cc(Nc2ccc(C)c(C)c2)n1. The fourth-order valence-corrected chi connectivity index (χ4v) is 1.81. The van der Waals surface area contributed by atoms with E-state index in [4.69, 9.17) is 10.5 Å². The smallest absolute Gasteiger partial charge is 0.158 e. The topological polar surface area (TPSA) is 73.1 Å². The number of benzene rings is 1. The predicted molar refractivity (Wildman–Crippen MR) is 81.0 cm³/mol. The van der Waals surface area contributed by atoms with Crippen LogP contribution in [0.25, 0.3) is 0 Å². The second kappa shape index (κ2) is 6.34. The maximum atomic E-state index is 5.79. The Balaban J connectivity index is 2.19. The standard InChI is InChI=1S/C15H20N4O/c1-4-20-9-15-18-13(16)8-14(19-15)17-12-6-5-10(2)11(3)7-12/h5-8H,4,9H2,1-3H3,(H3,16,17,18,19). The van der Waals surface area contributed by atoms with Crippen molar-refractivity contribution in [3.63, 3.8) is 0 Å². The first-order valence-electron chi connectivity index (χ1n) is 6.64. The summed E-state index contributed by atoms with van der Waals surface area (Å²) in [5.41, 5.74) is 9.26. The van der Waals surface area contributed by atoms with Gasteiger partial charge in [-0.3, -0.25) is 0 Å². The van der Waals surface area contributed by atoms with Crippen LogP contribution in [0.2, 0.25) is 0 Å². The summed E-state index contributed by atoms with van der Waals surface area (Å²) in [6.07, 6.45) is 0. The van der Waals surface area contributed by atoms with Gasteiger partial charge >= 0.3 is 0 Å². The van der Waals surface area contributed by atoms with Crippen LogP contribution in [0, 0.1) is 13.8 Å². The Labute approximate surface area is 119 Å². The molecule has 0 aliphatic rings. The summed E-state index contributed by atoms with van der Waals surface area (Å²) >= 11 is 0. The lowest BCUT2D eigenvalue weighted by Gasteiger charge is -2.10. The highest BCUT2D eigenvalue weighted by atomic mass is 16.5. The molecule has 0 atom stereocenters. The number of aromatic nitrogens is 2. The zero-order chi connectivity index (χ0) is 14.5. The van der Waals surface area contributed by atoms with E-state index >= 15 is 0 Å². The molecular weight excluding hydrogens is 252 g/mol. The lowest BCUT2D eigenvalue weighted by molar-refractivity contribution is 0.128. The van der Waals surface area contributed by atoms with E-state index in [1.165, 1.54) is 11.1 Å². The van der Waals surface area contributed by atoms with Gasteiger partial charge < -0.3 is 15.8 Å². The van der Waals surface area contributed by atoms with Crippen LogP contribution >= 0.6 is 0 Å². The number of nitrogens with zero attached hydrogens (tertiary/aromatic N) is 2. The molecule has 106 valence electrons. The summed E-state index contributed by atoms with van der Waals surface area (Å²) in [7, 11) is 0. The van der Waals surface area contributed by atoms with E-state index in [1.807, 2.05) is 13.0 Å². The molecule has 5 heteroatoms. The van der Waals surface area contributed by atoms with Crippen LogP contribution in [0.5, 0.6) is 0 Å². The number of ether oxygens (including phenoxy) is 1. The molecule has 0 fully saturated rings. The van der Waals surface area contributed by atoms with Crippen LogP contribution in [-0.2, 0) is 11.3 Å². The number of rotatable bonds is 5. The number of aryl methyl sites for hydroxylation is 2. The molecule has 0 aliphatic carbocycles. The van der Waals surface area contributed by atoms with Crippen LogP contribution in [0.15, 0.2) is 24.3 Å². The minimum Gasteiger partial charge on any atom is -0.384 e. The van der Waals surface area contributed by atoms with Gasteiger partial charge in [-0.1, -0.05) is 6.07 Å². The molecule has 0 unspecified atom stereocenters. The largest absolute Gasteiger partial charge is 0.384 e. The average molecular weight is 272 g/mol. The van der Waals surface area contributed by atoms with Crippen molar-refractivity contribution in [1.82, 2.24) is 9.97 Å². The van der Waals surface area contributed by atoms with Gasteiger partial charge in [0.15, 0.2) is 5.82 Å². The monoisotopic (exact) mass is 272 g/mol. The van der Waals surface area contributed by atoms with Gasteiger partial charge in [0.1, 0.15) is 18.2 Å². The lowest BCUT2D eigenvalue weighted by atomic mass is 10.1. The molecule has 3 N–H and O–H groups in total. The number of anilines is 3. The summed E-state index contributed by atoms with van der Waals surface area (Å²) in [6, 6.07) is 7.88. The molecule has 1 aromatic heterocycles. The zero-order valence-electron chi connectivity index (χ0n) is 12.1. The summed E-state index contributed by atoms with van der Waals surface area (Å²) in [4.78, 5) is 8.54. The van der Waals surface area contributed by atoms with Crippen LogP contribution < -0.4 is 11.1 Å². The van der Waals surface area contributed by atoms with E-state index in [9.17, 15) is 0 Å². The van der Waals surface area contributed by atoms with Crippen molar-refractivity contribution in [3.05, 3.63) is 41.2 Å². The number of nitrogens with two attached hydrogens (primary N) is 1. The maximum absolute atomic E-state index is 5.79. The molecule has 0 spiro atoms. The highest BCUT2D eigenvalue weighted by molar-refractivity contribution is 5.59. The lowest BCUT2D eigenvalue weighted by Crippen LogP contribution is -2.05. The minimum absolute atomic E-state index is 0.364. The quantitative estimate of drug-likeness (QED) is 0.875. The molecule has 2 aromatic rings. The van der Waals surface area contributed by atoms with E-state index in [1.54, 1.807) is 6.07 Å². The Hall–Kier alpha value is -2.14. The van der Waals surface area contributed by atoms with Crippen molar-refractivity contribution in [2.24, 2.45) is 0 Å². The molecule has 0 amide bonds. The van der Waals surface area contributed by atoms with Gasteiger partial charge in [0, 0.05) is 18.4 Å². The van der Waals surface area contributed by atoms with Gasteiger partial charge in [-0.2, -0.15) is 0 Å². The van der Waals surface area contributed by atoms with Crippen molar-refractivity contribution in [1.29, 1.82) is 0 Å². The van der Waals surface area contributed by atoms with Gasteiger partial charge in [0.25, 0.3) is 0 Å². The predicted octanol–water partition coefficient (Wildman–Crippen LogP) is 2.96. The number of nitrogens with one attached hydrogen (secondary N) is 1. The van der Waals surface area contributed by atoms with Crippen molar-refractivity contribution >= 4 is 17.3 Å². The van der Waals surface area contributed by atoms with Crippen molar-refractivity contribution < 1.29 is 4.74 Å². The highest BCUT2D eigenvalue weighted by Gasteiger charge is 2.04. The zero-order valence-corrected chi connectivity index (χ0v) is 12.1. The molecule has 1 heterocycles. The van der Waals surface area contributed by atoms with Crippen molar-refractivity contribution in [2.45, 2.75) is 27.4 Å². The number of hydrogen-bond donors (Lipinski definition) is 2. The van der Waals surface area contributed by atoms with Crippen molar-refractivity contribution in [2.75, 3.05) is 17.7 Å². The molecule has 0 radical (unpaired) electrons. The normalized spacial score (nSPS) is 10.6. The Morgan fingerprint density at radius 3 is 2.65 bits per heavy atom. The van der Waals surface area contributed by atoms with E-state index in [0.717, 1.165) is 5.69 Å². The summed E-state index contributed by atoms with van der Waals surface area (Å²) in [5.74, 6) is 1.69. The Morgan fingerprint density at radius 2 is 1.95 bits per heavy atom. The number of hydrogen-bond acceptors (Lipinski definition) is 5. The second-order valence-electron chi connectivity index (χ2n) is 4.66. The Bertz CT molecular complexity index is 598. The first-order chi connectivity index (χ1) is 9.58. The van der Waals surface area contributed by atoms with Crippen molar-refractivity contribution in [3.8, 4) is 0 Å². The third kappa shape index (κ3) is 3.68. The van der Waals surface area contributed by atoms with Crippen LogP contribution in [0.1, 0.15) is 23.9 Å². The molecule has 0 bridgehead atoms. The number of nitrogen functional groups attached to an aromatic ring is 1. The van der Waals surface area contributed by atoms with Gasteiger partial charge in [-0.05, 0) is 44.0 Å². The van der Waals surface area contributed by atoms with Gasteiger partial charge in [-0.25, -0.2) is 9.97 Å². The van der Waals surface area contributed by atoms with Gasteiger partial charge in [0.05, 0.1) is 0 Å². The van der Waals surface area contributed by atoms with Crippen LogP contribution in [-0.4, -0.2) is 16.6 Å². The van der Waals surface area contributed by atoms with E-state index in [-0.39, 0.29) is 0 Å². The fourth-order valence-electron chi connectivity index (χ4n) is 1.81. The summed E-state index contributed by atoms with van der Waals surface area (Å²) in [6.45, 7) is 7.08.